The van der Waals surface area contributed by atoms with Gasteiger partial charge in [0.2, 0.25) is 10.0 Å². The van der Waals surface area contributed by atoms with Crippen LogP contribution in [0.1, 0.15) is 47.5 Å². The highest BCUT2D eigenvalue weighted by Gasteiger charge is 2.28. The lowest BCUT2D eigenvalue weighted by Gasteiger charge is -2.21. The van der Waals surface area contributed by atoms with Gasteiger partial charge in [-0.15, -0.1) is 0 Å². The zero-order valence-electron chi connectivity index (χ0n) is 13.2. The molecule has 0 aromatic carbocycles. The number of hydrogen-bond donors (Lipinski definition) is 2. The molecule has 0 aliphatic heterocycles. The predicted octanol–water partition coefficient (Wildman–Crippen LogP) is 1.14. The Kier molecular flexibility index (Phi) is 7.32. The fourth-order valence-electron chi connectivity index (χ4n) is 1.40. The van der Waals surface area contributed by atoms with Crippen molar-refractivity contribution in [3.8, 4) is 0 Å². The van der Waals surface area contributed by atoms with Crippen LogP contribution in [0.5, 0.6) is 0 Å². The average molecular weight is 323 g/mol. The fraction of sp³-hybridized carbons (Fsp3) is 0.846. The average Bonchev–Trinajstić information content (AvgIpc) is 2.22. The van der Waals surface area contributed by atoms with Gasteiger partial charge in [-0.1, -0.05) is 13.8 Å². The van der Waals surface area contributed by atoms with Crippen LogP contribution in [0.3, 0.4) is 0 Å². The predicted molar refractivity (Wildman–Crippen MR) is 78.3 cm³/mol. The number of esters is 1. The first-order valence-electron chi connectivity index (χ1n) is 6.77. The van der Waals surface area contributed by atoms with E-state index in [4.69, 9.17) is 9.84 Å². The second-order valence-electron chi connectivity index (χ2n) is 6.30. The van der Waals surface area contributed by atoms with E-state index >= 15 is 0 Å². The highest BCUT2D eigenvalue weighted by molar-refractivity contribution is 7.89. The molecule has 0 aromatic heterocycles. The van der Waals surface area contributed by atoms with Gasteiger partial charge in [0, 0.05) is 0 Å². The summed E-state index contributed by atoms with van der Waals surface area (Å²) in [6.45, 7) is 8.67. The van der Waals surface area contributed by atoms with Crippen molar-refractivity contribution < 1.29 is 27.9 Å². The summed E-state index contributed by atoms with van der Waals surface area (Å²) < 4.78 is 30.6. The maximum absolute atomic E-state index is 11.8. The summed E-state index contributed by atoms with van der Waals surface area (Å²) in [4.78, 5) is 22.7. The third kappa shape index (κ3) is 10.3. The summed E-state index contributed by atoms with van der Waals surface area (Å²) in [5.74, 6) is -2.17. The summed E-state index contributed by atoms with van der Waals surface area (Å²) in [7, 11) is -3.75. The van der Waals surface area contributed by atoms with Crippen LogP contribution in [-0.2, 0) is 24.3 Å². The van der Waals surface area contributed by atoms with Crippen LogP contribution in [0.25, 0.3) is 0 Å². The molecule has 0 aliphatic carbocycles. The smallest absolute Gasteiger partial charge is 0.322 e. The standard InChI is InChI=1S/C13H25NO6S/c1-9(2)6-7-21(18,19)14-10(12(16)17)8-11(15)20-13(3,4)5/h9-10,14H,6-8H2,1-5H3,(H,16,17)/t10-/m0/s1. The lowest BCUT2D eigenvalue weighted by atomic mass is 10.2. The highest BCUT2D eigenvalue weighted by atomic mass is 32.2. The molecule has 0 radical (unpaired) electrons. The molecule has 8 heteroatoms. The van der Waals surface area contributed by atoms with E-state index in [1.165, 1.54) is 0 Å². The van der Waals surface area contributed by atoms with Crippen molar-refractivity contribution in [1.82, 2.24) is 4.72 Å². The molecule has 0 heterocycles. The first-order chi connectivity index (χ1) is 9.32. The Balaban J connectivity index is 4.71. The SMILES string of the molecule is CC(C)CCS(=O)(=O)N[C@@H](CC(=O)OC(C)(C)C)C(=O)O. The van der Waals surface area contributed by atoms with E-state index in [2.05, 4.69) is 0 Å². The molecule has 0 saturated heterocycles. The molecule has 0 aromatic rings. The lowest BCUT2D eigenvalue weighted by molar-refractivity contribution is -0.158. The van der Waals surface area contributed by atoms with Crippen molar-refractivity contribution in [2.45, 2.75) is 59.1 Å². The number of carboxylic acid groups (broad SMARTS) is 1. The minimum absolute atomic E-state index is 0.177. The topological polar surface area (TPSA) is 110 Å². The number of carboxylic acids is 1. The maximum atomic E-state index is 11.8. The molecule has 0 fully saturated rings. The number of sulfonamides is 1. The van der Waals surface area contributed by atoms with Crippen LogP contribution in [-0.4, -0.2) is 42.9 Å². The van der Waals surface area contributed by atoms with E-state index in [0.29, 0.717) is 6.42 Å². The van der Waals surface area contributed by atoms with E-state index in [9.17, 15) is 18.0 Å². The summed E-state index contributed by atoms with van der Waals surface area (Å²) in [5.41, 5.74) is -0.753. The third-order valence-corrected chi connectivity index (χ3v) is 3.79. The number of rotatable bonds is 8. The van der Waals surface area contributed by atoms with Gasteiger partial charge in [0.1, 0.15) is 11.6 Å². The Bertz CT molecular complexity index is 464. The molecule has 0 spiro atoms. The number of carbonyl (C=O) groups excluding carboxylic acids is 1. The van der Waals surface area contributed by atoms with Crippen molar-refractivity contribution in [1.29, 1.82) is 0 Å². The summed E-state index contributed by atoms with van der Waals surface area (Å²) in [6.07, 6.45) is -0.137. The van der Waals surface area contributed by atoms with Gasteiger partial charge in [-0.3, -0.25) is 9.59 Å². The van der Waals surface area contributed by atoms with Crippen molar-refractivity contribution in [2.75, 3.05) is 5.75 Å². The molecule has 0 amide bonds. The number of ether oxygens (including phenoxy) is 1. The Morgan fingerprint density at radius 1 is 1.24 bits per heavy atom. The second-order valence-corrected chi connectivity index (χ2v) is 8.17. The van der Waals surface area contributed by atoms with Crippen LogP contribution in [0.2, 0.25) is 0 Å². The maximum Gasteiger partial charge on any atom is 0.322 e. The van der Waals surface area contributed by atoms with Crippen LogP contribution in [0.15, 0.2) is 0 Å². The summed E-state index contributed by atoms with van der Waals surface area (Å²) in [5, 5.41) is 9.03. The van der Waals surface area contributed by atoms with Crippen LogP contribution >= 0.6 is 0 Å². The summed E-state index contributed by atoms with van der Waals surface area (Å²) >= 11 is 0. The third-order valence-electron chi connectivity index (χ3n) is 2.37. The van der Waals surface area contributed by atoms with Gasteiger partial charge in [0.15, 0.2) is 0 Å². The highest BCUT2D eigenvalue weighted by Crippen LogP contribution is 2.10. The van der Waals surface area contributed by atoms with E-state index in [-0.39, 0.29) is 11.7 Å². The molecule has 124 valence electrons. The molecule has 0 rings (SSSR count). The lowest BCUT2D eigenvalue weighted by Crippen LogP contribution is -2.44. The Morgan fingerprint density at radius 3 is 2.14 bits per heavy atom. The van der Waals surface area contributed by atoms with Crippen LogP contribution in [0.4, 0.5) is 0 Å². The molecule has 0 bridgehead atoms. The van der Waals surface area contributed by atoms with E-state index < -0.39 is 40.0 Å². The van der Waals surface area contributed by atoms with E-state index in [1.54, 1.807) is 20.8 Å². The van der Waals surface area contributed by atoms with Gasteiger partial charge in [-0.05, 0) is 33.1 Å². The zero-order valence-corrected chi connectivity index (χ0v) is 14.0. The normalized spacial score (nSPS) is 14.0. The van der Waals surface area contributed by atoms with Gasteiger partial charge in [0.05, 0.1) is 12.2 Å². The van der Waals surface area contributed by atoms with Crippen LogP contribution in [0, 0.1) is 5.92 Å². The van der Waals surface area contributed by atoms with Gasteiger partial charge < -0.3 is 9.84 Å². The van der Waals surface area contributed by atoms with Crippen molar-refractivity contribution in [3.63, 3.8) is 0 Å². The van der Waals surface area contributed by atoms with Crippen LogP contribution < -0.4 is 4.72 Å². The van der Waals surface area contributed by atoms with Gasteiger partial charge in [0.25, 0.3) is 0 Å². The molecule has 0 saturated carbocycles. The quantitative estimate of drug-likeness (QED) is 0.648. The minimum atomic E-state index is -3.75. The monoisotopic (exact) mass is 323 g/mol. The Hall–Kier alpha value is -1.15. The second kappa shape index (κ2) is 7.74. The van der Waals surface area contributed by atoms with Crippen molar-refractivity contribution >= 4 is 22.0 Å². The number of aliphatic carboxylic acids is 1. The van der Waals surface area contributed by atoms with E-state index in [0.717, 1.165) is 0 Å². The molecular weight excluding hydrogens is 298 g/mol. The summed E-state index contributed by atoms with van der Waals surface area (Å²) in [6, 6.07) is -1.52. The molecule has 21 heavy (non-hydrogen) atoms. The van der Waals surface area contributed by atoms with Crippen molar-refractivity contribution in [2.24, 2.45) is 5.92 Å². The first-order valence-corrected chi connectivity index (χ1v) is 8.42. The molecular formula is C13H25NO6S. The Labute approximate surface area is 126 Å². The van der Waals surface area contributed by atoms with Gasteiger partial charge in [-0.2, -0.15) is 0 Å². The van der Waals surface area contributed by atoms with Crippen molar-refractivity contribution in [3.05, 3.63) is 0 Å². The number of nitrogens with one attached hydrogen (secondary N) is 1. The Morgan fingerprint density at radius 2 is 1.76 bits per heavy atom. The molecule has 1 atom stereocenters. The first kappa shape index (κ1) is 19.9. The van der Waals surface area contributed by atoms with E-state index in [1.807, 2.05) is 18.6 Å². The zero-order chi connectivity index (χ0) is 16.8. The fourth-order valence-corrected chi connectivity index (χ4v) is 2.91. The molecule has 7 nitrogen and oxygen atoms in total. The van der Waals surface area contributed by atoms with Gasteiger partial charge >= 0.3 is 11.9 Å². The molecule has 2 N–H and O–H groups in total. The molecule has 0 aliphatic rings. The number of carbonyl (C=O) groups is 2. The number of hydrogen-bond acceptors (Lipinski definition) is 5. The van der Waals surface area contributed by atoms with Gasteiger partial charge in [-0.25, -0.2) is 13.1 Å². The largest absolute Gasteiger partial charge is 0.480 e. The molecule has 0 unspecified atom stereocenters. The minimum Gasteiger partial charge on any atom is -0.480 e.